The second-order valence-corrected chi connectivity index (χ2v) is 15.0. The Morgan fingerprint density at radius 3 is 1.36 bits per heavy atom. The first-order valence-electron chi connectivity index (χ1n) is 19.1. The highest BCUT2D eigenvalue weighted by Gasteiger charge is 2.30. The number of esters is 2. The van der Waals surface area contributed by atoms with E-state index >= 15 is 0 Å². The monoisotopic (exact) mass is 802 g/mol. The molecule has 2 atom stereocenters. The lowest BCUT2D eigenvalue weighted by molar-refractivity contribution is -0.150. The normalized spacial score (nSPS) is 13.7. The van der Waals surface area contributed by atoms with Crippen molar-refractivity contribution in [3.63, 3.8) is 0 Å². The van der Waals surface area contributed by atoms with Crippen molar-refractivity contribution in [2.45, 2.75) is 90.8 Å². The lowest BCUT2D eigenvalue weighted by atomic mass is 10.0. The summed E-state index contributed by atoms with van der Waals surface area (Å²) in [5.41, 5.74) is -4.05. The quantitative estimate of drug-likeness (QED) is 0.0880. The van der Waals surface area contributed by atoms with Gasteiger partial charge in [-0.25, -0.2) is 29.1 Å². The van der Waals surface area contributed by atoms with Gasteiger partial charge in [0, 0.05) is 65.3 Å². The third-order valence-electron chi connectivity index (χ3n) is 9.26. The second-order valence-electron chi connectivity index (χ2n) is 15.0. The molecule has 18 heteroatoms. The van der Waals surface area contributed by atoms with Crippen LogP contribution in [-0.4, -0.2) is 112 Å². The summed E-state index contributed by atoms with van der Waals surface area (Å²) >= 11 is 0. The second kappa shape index (κ2) is 19.0. The first-order chi connectivity index (χ1) is 27.3. The first-order valence-corrected chi connectivity index (χ1v) is 19.1. The average molecular weight is 803 g/mol. The number of ether oxygens (including phenoxy) is 2. The lowest BCUT2D eigenvalue weighted by Crippen LogP contribution is -2.42. The summed E-state index contributed by atoms with van der Waals surface area (Å²) in [6.45, 7) is 8.53. The van der Waals surface area contributed by atoms with Crippen LogP contribution in [0.4, 0.5) is 0 Å². The standard InChI is InChI=1S/C40H54N10O8/c1-11-21-47-27-41-33-31(47)35(53)49(37(55)45(33)9)25-19-39(3,17-13-23-43(5)6)57-29(51)15-16-30(52)58-40(4,18-14-24-44(7)8)20-26-50-36(54)32-34(46(10)38(50)56)42-28-48(32)22-12-2/h15-16,27-28H,11-12,19-26H2,1-10H3/b16-15+. The molecule has 58 heavy (non-hydrogen) atoms. The smallest absolute Gasteiger partial charge is 0.332 e. The van der Waals surface area contributed by atoms with Gasteiger partial charge in [0.15, 0.2) is 33.5 Å². The maximum Gasteiger partial charge on any atom is 0.332 e. The van der Waals surface area contributed by atoms with Crippen molar-refractivity contribution in [2.75, 3.05) is 41.3 Å². The van der Waals surface area contributed by atoms with Crippen molar-refractivity contribution in [2.24, 2.45) is 14.1 Å². The minimum atomic E-state index is -1.48. The minimum absolute atomic E-state index is 0.0383. The number of carbonyl (C=O) groups is 2. The van der Waals surface area contributed by atoms with Gasteiger partial charge < -0.3 is 18.6 Å². The minimum Gasteiger partial charge on any atom is -0.443 e. The zero-order valence-corrected chi connectivity index (χ0v) is 35.1. The lowest BCUT2D eigenvalue weighted by Gasteiger charge is -2.25. The van der Waals surface area contributed by atoms with Crippen molar-refractivity contribution in [1.29, 1.82) is 0 Å². The molecule has 0 bridgehead atoms. The van der Waals surface area contributed by atoms with E-state index in [1.807, 2.05) is 51.8 Å². The molecular weight excluding hydrogens is 749 g/mol. The molecule has 0 aromatic carbocycles. The number of fused-ring (bicyclic) bond motifs is 2. The van der Waals surface area contributed by atoms with Crippen LogP contribution in [0.2, 0.25) is 0 Å². The summed E-state index contributed by atoms with van der Waals surface area (Å²) in [5, 5.41) is 0. The summed E-state index contributed by atoms with van der Waals surface area (Å²) < 4.78 is 19.7. The Kier molecular flexibility index (Phi) is 14.6. The van der Waals surface area contributed by atoms with Gasteiger partial charge in [-0.05, 0) is 54.9 Å². The Bertz CT molecular complexity index is 2390. The van der Waals surface area contributed by atoms with Crippen molar-refractivity contribution in [3.8, 4) is 23.7 Å². The topological polar surface area (TPSA) is 183 Å². The average Bonchev–Trinajstić information content (AvgIpc) is 3.77. The number of nitrogens with zero attached hydrogens (tertiary/aromatic N) is 10. The third-order valence-corrected chi connectivity index (χ3v) is 9.26. The Hall–Kier alpha value is -5.98. The van der Waals surface area contributed by atoms with Crippen LogP contribution in [0.3, 0.4) is 0 Å². The van der Waals surface area contributed by atoms with Gasteiger partial charge in [-0.2, -0.15) is 0 Å². The van der Waals surface area contributed by atoms with E-state index in [0.717, 1.165) is 34.1 Å². The Balaban J connectivity index is 1.56. The molecule has 4 aromatic rings. The molecule has 0 spiro atoms. The Labute approximate surface area is 336 Å². The Morgan fingerprint density at radius 1 is 0.672 bits per heavy atom. The molecule has 0 aliphatic heterocycles. The van der Waals surface area contributed by atoms with Gasteiger partial charge in [0.1, 0.15) is 0 Å². The number of imidazole rings is 2. The van der Waals surface area contributed by atoms with E-state index in [1.165, 1.54) is 35.9 Å². The van der Waals surface area contributed by atoms with Gasteiger partial charge in [0.05, 0.1) is 25.7 Å². The molecule has 4 aromatic heterocycles. The highest BCUT2D eigenvalue weighted by molar-refractivity contribution is 5.92. The molecule has 0 saturated carbocycles. The molecule has 312 valence electrons. The highest BCUT2D eigenvalue weighted by Crippen LogP contribution is 2.19. The molecular formula is C40H54N10O8. The maximum atomic E-state index is 13.6. The molecule has 0 N–H and O–H groups in total. The van der Waals surface area contributed by atoms with E-state index in [4.69, 9.17) is 9.47 Å². The third kappa shape index (κ3) is 10.5. The molecule has 0 aliphatic rings. The van der Waals surface area contributed by atoms with Gasteiger partial charge in [-0.3, -0.25) is 37.7 Å². The van der Waals surface area contributed by atoms with Crippen molar-refractivity contribution < 1.29 is 19.1 Å². The van der Waals surface area contributed by atoms with Gasteiger partial charge in [0.25, 0.3) is 11.1 Å². The molecule has 18 nitrogen and oxygen atoms in total. The number of aromatic nitrogens is 8. The molecule has 4 rings (SSSR count). The van der Waals surface area contributed by atoms with Crippen LogP contribution in [0, 0.1) is 23.7 Å². The van der Waals surface area contributed by atoms with Crippen LogP contribution in [0.15, 0.2) is 44.0 Å². The van der Waals surface area contributed by atoms with Crippen LogP contribution >= 0.6 is 0 Å². The van der Waals surface area contributed by atoms with Crippen molar-refractivity contribution in [3.05, 3.63) is 66.5 Å². The molecule has 0 amide bonds. The van der Waals surface area contributed by atoms with E-state index in [0.29, 0.717) is 26.2 Å². The van der Waals surface area contributed by atoms with Crippen LogP contribution in [0.25, 0.3) is 22.3 Å². The molecule has 4 heterocycles. The van der Waals surface area contributed by atoms with Gasteiger partial charge in [-0.1, -0.05) is 37.5 Å². The van der Waals surface area contributed by atoms with E-state index in [-0.39, 0.29) is 48.3 Å². The van der Waals surface area contributed by atoms with Gasteiger partial charge in [0.2, 0.25) is 0 Å². The fraction of sp³-hybridized carbons (Fsp3) is 0.550. The van der Waals surface area contributed by atoms with E-state index in [9.17, 15) is 28.8 Å². The van der Waals surface area contributed by atoms with Crippen LogP contribution in [0.1, 0.15) is 53.4 Å². The number of hydrogen-bond acceptors (Lipinski definition) is 12. The number of carbonyl (C=O) groups excluding carboxylic acids is 2. The molecule has 2 unspecified atom stereocenters. The first kappa shape index (κ1) is 44.7. The zero-order chi connectivity index (χ0) is 42.9. The van der Waals surface area contributed by atoms with Crippen LogP contribution in [-0.2, 0) is 59.3 Å². The number of rotatable bonds is 16. The predicted molar refractivity (Wildman–Crippen MR) is 219 cm³/mol. The van der Waals surface area contributed by atoms with Crippen LogP contribution in [0.5, 0.6) is 0 Å². The molecule has 0 saturated heterocycles. The van der Waals surface area contributed by atoms with Crippen molar-refractivity contribution in [1.82, 2.24) is 47.2 Å². The summed E-state index contributed by atoms with van der Waals surface area (Å²) in [7, 11) is 10.4. The summed E-state index contributed by atoms with van der Waals surface area (Å²) in [5.74, 6) is 9.99. The largest absolute Gasteiger partial charge is 0.443 e. The summed E-state index contributed by atoms with van der Waals surface area (Å²) in [4.78, 5) is 92.4. The maximum absolute atomic E-state index is 13.6. The summed E-state index contributed by atoms with van der Waals surface area (Å²) in [6, 6.07) is 0. The van der Waals surface area contributed by atoms with Gasteiger partial charge >= 0.3 is 23.3 Å². The van der Waals surface area contributed by atoms with E-state index < -0.39 is 45.6 Å². The van der Waals surface area contributed by atoms with Crippen LogP contribution < -0.4 is 22.5 Å². The van der Waals surface area contributed by atoms with E-state index in [2.05, 4.69) is 33.6 Å². The molecule has 0 radical (unpaired) electrons. The van der Waals surface area contributed by atoms with Gasteiger partial charge in [-0.15, -0.1) is 0 Å². The summed E-state index contributed by atoms with van der Waals surface area (Å²) in [6.07, 6.45) is 6.27. The molecule has 0 fully saturated rings. The number of hydrogen-bond donors (Lipinski definition) is 0. The van der Waals surface area contributed by atoms with E-state index in [1.54, 1.807) is 23.0 Å². The van der Waals surface area contributed by atoms with Crippen molar-refractivity contribution >= 4 is 34.3 Å². The Morgan fingerprint density at radius 2 is 1.03 bits per heavy atom. The zero-order valence-electron chi connectivity index (χ0n) is 35.1. The SMILES string of the molecule is CCCn1cnc2c1c(=O)n(CCC(C)(C#CCN(C)C)OC(=O)/C=C/C(=O)OC(C)(C#CCN(C)C)CCn1c(=O)c3c(ncn3CCC)n(C)c1=O)c(=O)n2C. The number of aryl methyl sites for hydroxylation is 4. The predicted octanol–water partition coefficient (Wildman–Crippen LogP) is 0.697. The highest BCUT2D eigenvalue weighted by atomic mass is 16.6. The fourth-order valence-corrected chi connectivity index (χ4v) is 6.21. The molecule has 0 aliphatic carbocycles. The fourth-order valence-electron chi connectivity index (χ4n) is 6.21.